The summed E-state index contributed by atoms with van der Waals surface area (Å²) in [6.45, 7) is 4.76. The SMILES string of the molecule is CC1(C)c2ccccc2-c2cc3c(cc21)CCC(c1ccc2oc4cccc(C5=NC(c6ccccc6)=NC(c6ccccc6)=CC5)c4c2c1)c1ccccc1-3. The molecular weight excluding hydrogens is 681 g/mol. The van der Waals surface area contributed by atoms with E-state index in [4.69, 9.17) is 14.4 Å². The van der Waals surface area contributed by atoms with E-state index >= 15 is 0 Å². The molecule has 2 aliphatic carbocycles. The molecular formula is C53H40N2O. The van der Waals surface area contributed by atoms with Crippen molar-refractivity contribution < 1.29 is 4.42 Å². The van der Waals surface area contributed by atoms with Crippen molar-refractivity contribution in [2.24, 2.45) is 9.98 Å². The van der Waals surface area contributed by atoms with Gasteiger partial charge in [-0.05, 0) is 92.7 Å². The summed E-state index contributed by atoms with van der Waals surface area (Å²) < 4.78 is 6.60. The van der Waals surface area contributed by atoms with Crippen molar-refractivity contribution in [2.45, 2.75) is 44.4 Å². The van der Waals surface area contributed by atoms with Crippen molar-refractivity contribution in [2.75, 3.05) is 0 Å². The van der Waals surface area contributed by atoms with Crippen LogP contribution in [-0.4, -0.2) is 11.5 Å². The predicted molar refractivity (Wildman–Crippen MR) is 232 cm³/mol. The molecule has 11 rings (SSSR count). The number of hydrogen-bond acceptors (Lipinski definition) is 3. The summed E-state index contributed by atoms with van der Waals surface area (Å²) in [5.41, 5.74) is 19.3. The Labute approximate surface area is 327 Å². The second-order valence-corrected chi connectivity index (χ2v) is 16.0. The molecule has 0 amide bonds. The van der Waals surface area contributed by atoms with Gasteiger partial charge >= 0.3 is 0 Å². The fourth-order valence-electron chi connectivity index (χ4n) is 9.63. The first-order valence-electron chi connectivity index (χ1n) is 19.8. The highest BCUT2D eigenvalue weighted by Gasteiger charge is 2.37. The van der Waals surface area contributed by atoms with E-state index in [-0.39, 0.29) is 11.3 Å². The molecule has 0 radical (unpaired) electrons. The highest BCUT2D eigenvalue weighted by Crippen LogP contribution is 2.52. The zero-order valence-electron chi connectivity index (χ0n) is 31.6. The van der Waals surface area contributed by atoms with Gasteiger partial charge in [0.2, 0.25) is 0 Å². The predicted octanol–water partition coefficient (Wildman–Crippen LogP) is 13.3. The summed E-state index contributed by atoms with van der Waals surface area (Å²) in [5.74, 6) is 0.949. The third-order valence-electron chi connectivity index (χ3n) is 12.4. The third-order valence-corrected chi connectivity index (χ3v) is 12.4. The first-order valence-corrected chi connectivity index (χ1v) is 19.8. The molecule has 3 nitrogen and oxygen atoms in total. The zero-order valence-corrected chi connectivity index (χ0v) is 31.6. The van der Waals surface area contributed by atoms with Gasteiger partial charge < -0.3 is 4.42 Å². The van der Waals surface area contributed by atoms with Crippen LogP contribution in [-0.2, 0) is 11.8 Å². The van der Waals surface area contributed by atoms with Crippen LogP contribution in [0.25, 0.3) is 49.9 Å². The van der Waals surface area contributed by atoms with Crippen LogP contribution in [0.15, 0.2) is 178 Å². The molecule has 0 bridgehead atoms. The average Bonchev–Trinajstić information content (AvgIpc) is 3.52. The van der Waals surface area contributed by atoms with Crippen molar-refractivity contribution >= 4 is 39.2 Å². The normalized spacial score (nSPS) is 16.8. The van der Waals surface area contributed by atoms with E-state index in [1.54, 1.807) is 0 Å². The van der Waals surface area contributed by atoms with Gasteiger partial charge in [-0.3, -0.25) is 0 Å². The Morgan fingerprint density at radius 3 is 2.14 bits per heavy atom. The van der Waals surface area contributed by atoms with Gasteiger partial charge in [-0.1, -0.05) is 153 Å². The Bertz CT molecular complexity index is 2960. The maximum absolute atomic E-state index is 6.60. The molecule has 0 fully saturated rings. The van der Waals surface area contributed by atoms with Gasteiger partial charge in [0.05, 0.1) is 11.4 Å². The number of nitrogens with zero attached hydrogens (tertiary/aromatic N) is 2. The van der Waals surface area contributed by atoms with Gasteiger partial charge in [-0.25, -0.2) is 9.98 Å². The molecule has 1 aliphatic heterocycles. The van der Waals surface area contributed by atoms with Gasteiger partial charge in [-0.2, -0.15) is 0 Å². The minimum absolute atomic E-state index is 0.0223. The molecule has 3 heteroatoms. The number of amidine groups is 1. The minimum Gasteiger partial charge on any atom is -0.456 e. The molecule has 1 atom stereocenters. The molecule has 0 saturated carbocycles. The molecule has 2 heterocycles. The van der Waals surface area contributed by atoms with Crippen LogP contribution in [0, 0.1) is 0 Å². The lowest BCUT2D eigenvalue weighted by Gasteiger charge is -2.22. The van der Waals surface area contributed by atoms with E-state index in [0.29, 0.717) is 12.3 Å². The van der Waals surface area contributed by atoms with Crippen molar-refractivity contribution in [1.29, 1.82) is 0 Å². The Balaban J connectivity index is 1.04. The van der Waals surface area contributed by atoms with Gasteiger partial charge in [0.1, 0.15) is 11.2 Å². The van der Waals surface area contributed by atoms with Crippen molar-refractivity contribution in [3.05, 3.63) is 208 Å². The van der Waals surface area contributed by atoms with Crippen LogP contribution in [0.4, 0.5) is 0 Å². The van der Waals surface area contributed by atoms with Crippen molar-refractivity contribution in [1.82, 2.24) is 0 Å². The highest BCUT2D eigenvalue weighted by molar-refractivity contribution is 6.23. The summed E-state index contributed by atoms with van der Waals surface area (Å²) in [6.07, 6.45) is 4.90. The average molecular weight is 721 g/mol. The second-order valence-electron chi connectivity index (χ2n) is 16.0. The van der Waals surface area contributed by atoms with Crippen LogP contribution >= 0.6 is 0 Å². The summed E-state index contributed by atoms with van der Waals surface area (Å²) in [4.78, 5) is 10.5. The highest BCUT2D eigenvalue weighted by atomic mass is 16.3. The molecule has 268 valence electrons. The number of benzene rings is 7. The lowest BCUT2D eigenvalue weighted by molar-refractivity contribution is 0.657. The van der Waals surface area contributed by atoms with Gasteiger partial charge in [0.25, 0.3) is 0 Å². The van der Waals surface area contributed by atoms with Crippen LogP contribution < -0.4 is 0 Å². The van der Waals surface area contributed by atoms with Gasteiger partial charge in [-0.15, -0.1) is 0 Å². The largest absolute Gasteiger partial charge is 0.456 e. The summed E-state index contributed by atoms with van der Waals surface area (Å²) in [7, 11) is 0. The Hall–Kier alpha value is -6.58. The number of aliphatic imine (C=N–C) groups is 2. The van der Waals surface area contributed by atoms with Crippen LogP contribution in [0.2, 0.25) is 0 Å². The third kappa shape index (κ3) is 5.18. The maximum atomic E-state index is 6.60. The maximum Gasteiger partial charge on any atom is 0.160 e. The molecule has 3 aliphatic rings. The summed E-state index contributed by atoms with van der Waals surface area (Å²) >= 11 is 0. The topological polar surface area (TPSA) is 37.9 Å². The van der Waals surface area contributed by atoms with E-state index < -0.39 is 0 Å². The lowest BCUT2D eigenvalue weighted by atomic mass is 9.81. The van der Waals surface area contributed by atoms with E-state index in [2.05, 4.69) is 153 Å². The zero-order chi connectivity index (χ0) is 37.4. The number of furan rings is 1. The molecule has 0 saturated heterocycles. The van der Waals surface area contributed by atoms with Gasteiger partial charge in [0, 0.05) is 39.7 Å². The number of hydrogen-bond donors (Lipinski definition) is 0. The summed E-state index contributed by atoms with van der Waals surface area (Å²) in [6, 6.07) is 57.0. The standard InChI is InChI=1S/C53H40N2O/c1-53(2)45-22-12-11-20-40(45)43-32-42-36(31-46(43)53)24-26-37(38-18-9-10-19-39(38)42)35-25-29-49-44(30-35)51-41(21-13-23-50(51)56-49)48-28-27-47(33-14-5-3-6-15-33)54-52(55-48)34-16-7-4-8-17-34/h3-23,25,27,29-32,37H,24,26,28H2,1-2H3. The minimum atomic E-state index is -0.0223. The molecule has 0 N–H and O–H groups in total. The van der Waals surface area contributed by atoms with E-state index in [1.165, 1.54) is 50.1 Å². The molecule has 7 aromatic carbocycles. The van der Waals surface area contributed by atoms with E-state index in [9.17, 15) is 0 Å². The first kappa shape index (κ1) is 32.8. The number of aryl methyl sites for hydroxylation is 1. The lowest BCUT2D eigenvalue weighted by Crippen LogP contribution is -2.15. The van der Waals surface area contributed by atoms with Crippen molar-refractivity contribution in [3.63, 3.8) is 0 Å². The molecule has 1 aromatic heterocycles. The quantitative estimate of drug-likeness (QED) is 0.178. The second kappa shape index (κ2) is 12.7. The molecule has 0 spiro atoms. The molecule has 1 unspecified atom stereocenters. The fraction of sp³-hybridized carbons (Fsp3) is 0.132. The van der Waals surface area contributed by atoms with Crippen molar-refractivity contribution in [3.8, 4) is 22.3 Å². The first-order chi connectivity index (χ1) is 27.5. The number of allylic oxidation sites excluding steroid dienone is 1. The molecule has 8 aromatic rings. The number of fused-ring (bicyclic) bond motifs is 9. The fourth-order valence-corrected chi connectivity index (χ4v) is 9.63. The smallest absolute Gasteiger partial charge is 0.160 e. The Morgan fingerprint density at radius 2 is 1.30 bits per heavy atom. The summed E-state index contributed by atoms with van der Waals surface area (Å²) in [5, 5.41) is 2.23. The van der Waals surface area contributed by atoms with E-state index in [0.717, 1.165) is 62.9 Å². The Kier molecular flexibility index (Phi) is 7.47. The number of rotatable bonds is 4. The van der Waals surface area contributed by atoms with E-state index in [1.807, 2.05) is 24.3 Å². The van der Waals surface area contributed by atoms with Crippen LogP contribution in [0.1, 0.15) is 77.1 Å². The van der Waals surface area contributed by atoms with Crippen LogP contribution in [0.3, 0.4) is 0 Å². The molecule has 56 heavy (non-hydrogen) atoms. The van der Waals surface area contributed by atoms with Crippen LogP contribution in [0.5, 0.6) is 0 Å². The Morgan fingerprint density at radius 1 is 0.571 bits per heavy atom. The monoisotopic (exact) mass is 720 g/mol. The van der Waals surface area contributed by atoms with Gasteiger partial charge in [0.15, 0.2) is 5.84 Å².